The molecular formula is C19H26N2O4S. The lowest BCUT2D eigenvalue weighted by atomic mass is 9.95. The summed E-state index contributed by atoms with van der Waals surface area (Å²) in [4.78, 5) is 12.9. The number of benzene rings is 1. The number of hydrogen-bond acceptors (Lipinski definition) is 4. The zero-order chi connectivity index (χ0) is 18.3. The number of ether oxygens (including phenoxy) is 1. The maximum absolute atomic E-state index is 13.0. The summed E-state index contributed by atoms with van der Waals surface area (Å²) in [5.74, 6) is 1.17. The SMILES string of the molecule is Cc1ccc(C(=O)N[C@H]2C[C@H]3CC[C@@H]2C3)cc1S(=O)(=O)N1CCOCC1. The Morgan fingerprint density at radius 2 is 1.96 bits per heavy atom. The van der Waals surface area contributed by atoms with E-state index in [0.29, 0.717) is 43.3 Å². The van der Waals surface area contributed by atoms with Crippen LogP contribution < -0.4 is 5.32 Å². The number of carbonyl (C=O) groups excluding carboxylic acids is 1. The van der Waals surface area contributed by atoms with Crippen LogP contribution in [0.3, 0.4) is 0 Å². The van der Waals surface area contributed by atoms with Crippen molar-refractivity contribution in [1.82, 2.24) is 9.62 Å². The normalized spacial score (nSPS) is 29.0. The Labute approximate surface area is 155 Å². The Balaban J connectivity index is 1.54. The van der Waals surface area contributed by atoms with Crippen LogP contribution in [0.25, 0.3) is 0 Å². The lowest BCUT2D eigenvalue weighted by molar-refractivity contribution is 0.0730. The van der Waals surface area contributed by atoms with E-state index < -0.39 is 10.0 Å². The molecule has 142 valence electrons. The van der Waals surface area contributed by atoms with Crippen LogP contribution >= 0.6 is 0 Å². The van der Waals surface area contributed by atoms with Crippen molar-refractivity contribution in [3.63, 3.8) is 0 Å². The van der Waals surface area contributed by atoms with Crippen molar-refractivity contribution >= 4 is 15.9 Å². The van der Waals surface area contributed by atoms with Crippen LogP contribution in [-0.2, 0) is 14.8 Å². The molecule has 1 amide bonds. The van der Waals surface area contributed by atoms with Gasteiger partial charge in [0.25, 0.3) is 5.91 Å². The monoisotopic (exact) mass is 378 g/mol. The number of fused-ring (bicyclic) bond motifs is 2. The first-order valence-corrected chi connectivity index (χ1v) is 10.9. The summed E-state index contributed by atoms with van der Waals surface area (Å²) in [7, 11) is -3.61. The molecule has 2 saturated carbocycles. The van der Waals surface area contributed by atoms with Crippen LogP contribution in [0.4, 0.5) is 0 Å². The number of rotatable bonds is 4. The minimum Gasteiger partial charge on any atom is -0.379 e. The highest BCUT2D eigenvalue weighted by atomic mass is 32.2. The van der Waals surface area contributed by atoms with E-state index in [1.165, 1.54) is 29.6 Å². The fraction of sp³-hybridized carbons (Fsp3) is 0.632. The Kier molecular flexibility index (Phi) is 4.79. The molecule has 3 fully saturated rings. The van der Waals surface area contributed by atoms with E-state index in [4.69, 9.17) is 4.74 Å². The van der Waals surface area contributed by atoms with E-state index in [9.17, 15) is 13.2 Å². The Morgan fingerprint density at radius 1 is 1.19 bits per heavy atom. The number of nitrogens with zero attached hydrogens (tertiary/aromatic N) is 1. The van der Waals surface area contributed by atoms with Crippen molar-refractivity contribution in [2.75, 3.05) is 26.3 Å². The Morgan fingerprint density at radius 3 is 2.62 bits per heavy atom. The Bertz CT molecular complexity index is 802. The lowest BCUT2D eigenvalue weighted by Gasteiger charge is -2.27. The fourth-order valence-electron chi connectivity index (χ4n) is 4.62. The number of nitrogens with one attached hydrogen (secondary N) is 1. The largest absolute Gasteiger partial charge is 0.379 e. The zero-order valence-corrected chi connectivity index (χ0v) is 15.9. The third-order valence-corrected chi connectivity index (χ3v) is 8.13. The number of morpholine rings is 1. The van der Waals surface area contributed by atoms with Gasteiger partial charge in [0.05, 0.1) is 18.1 Å². The molecule has 0 spiro atoms. The molecule has 3 aliphatic rings. The summed E-state index contributed by atoms with van der Waals surface area (Å²) in [5.41, 5.74) is 1.08. The fourth-order valence-corrected chi connectivity index (χ4v) is 6.28. The highest BCUT2D eigenvalue weighted by molar-refractivity contribution is 7.89. The quantitative estimate of drug-likeness (QED) is 0.869. The minimum absolute atomic E-state index is 0.166. The second kappa shape index (κ2) is 6.94. The van der Waals surface area contributed by atoms with Gasteiger partial charge >= 0.3 is 0 Å². The molecular weight excluding hydrogens is 352 g/mol. The van der Waals surface area contributed by atoms with Crippen molar-refractivity contribution in [1.29, 1.82) is 0 Å². The van der Waals surface area contributed by atoms with E-state index in [2.05, 4.69) is 5.32 Å². The summed E-state index contributed by atoms with van der Waals surface area (Å²) >= 11 is 0. The second-order valence-electron chi connectivity index (χ2n) is 7.75. The molecule has 1 saturated heterocycles. The molecule has 0 aromatic heterocycles. The predicted octanol–water partition coefficient (Wildman–Crippen LogP) is 1.93. The molecule has 6 nitrogen and oxygen atoms in total. The maximum Gasteiger partial charge on any atom is 0.251 e. The molecule has 3 atom stereocenters. The van der Waals surface area contributed by atoms with Gasteiger partial charge < -0.3 is 10.1 Å². The van der Waals surface area contributed by atoms with Gasteiger partial charge in [-0.05, 0) is 55.7 Å². The van der Waals surface area contributed by atoms with Gasteiger partial charge in [-0.3, -0.25) is 4.79 Å². The van der Waals surface area contributed by atoms with Crippen LogP contribution in [0, 0.1) is 18.8 Å². The van der Waals surface area contributed by atoms with Crippen LogP contribution in [0.1, 0.15) is 41.6 Å². The summed E-state index contributed by atoms with van der Waals surface area (Å²) in [6.45, 7) is 3.28. The highest BCUT2D eigenvalue weighted by Crippen LogP contribution is 2.44. The minimum atomic E-state index is -3.61. The first-order valence-electron chi connectivity index (χ1n) is 9.44. The highest BCUT2D eigenvalue weighted by Gasteiger charge is 2.40. The third kappa shape index (κ3) is 3.28. The van der Waals surface area contributed by atoms with Crippen molar-refractivity contribution in [2.45, 2.75) is 43.5 Å². The molecule has 4 rings (SSSR count). The van der Waals surface area contributed by atoms with Crippen molar-refractivity contribution < 1.29 is 17.9 Å². The van der Waals surface area contributed by atoms with Crippen LogP contribution in [0.5, 0.6) is 0 Å². The van der Waals surface area contributed by atoms with Gasteiger partial charge in [-0.15, -0.1) is 0 Å². The molecule has 1 heterocycles. The average molecular weight is 378 g/mol. The van der Waals surface area contributed by atoms with Crippen molar-refractivity contribution in [3.8, 4) is 0 Å². The van der Waals surface area contributed by atoms with E-state index in [1.54, 1.807) is 19.1 Å². The number of sulfonamides is 1. The smallest absolute Gasteiger partial charge is 0.251 e. The van der Waals surface area contributed by atoms with Gasteiger partial charge in [0, 0.05) is 24.7 Å². The molecule has 1 N–H and O–H groups in total. The lowest BCUT2D eigenvalue weighted by Crippen LogP contribution is -2.41. The van der Waals surface area contributed by atoms with Crippen molar-refractivity contribution in [3.05, 3.63) is 29.3 Å². The van der Waals surface area contributed by atoms with Gasteiger partial charge in [0.2, 0.25) is 10.0 Å². The van der Waals surface area contributed by atoms with Crippen LogP contribution in [0.2, 0.25) is 0 Å². The topological polar surface area (TPSA) is 75.7 Å². The van der Waals surface area contributed by atoms with Crippen molar-refractivity contribution in [2.24, 2.45) is 11.8 Å². The molecule has 26 heavy (non-hydrogen) atoms. The summed E-state index contributed by atoms with van der Waals surface area (Å²) < 4.78 is 32.6. The number of carbonyl (C=O) groups is 1. The number of hydrogen-bond donors (Lipinski definition) is 1. The molecule has 1 aromatic rings. The van der Waals surface area contributed by atoms with E-state index >= 15 is 0 Å². The molecule has 1 aromatic carbocycles. The van der Waals surface area contributed by atoms with E-state index in [-0.39, 0.29) is 16.8 Å². The van der Waals surface area contributed by atoms with Gasteiger partial charge in [0.15, 0.2) is 0 Å². The maximum atomic E-state index is 13.0. The molecule has 1 aliphatic heterocycles. The van der Waals surface area contributed by atoms with Gasteiger partial charge in [-0.1, -0.05) is 12.5 Å². The third-order valence-electron chi connectivity index (χ3n) is 6.09. The van der Waals surface area contributed by atoms with E-state index in [0.717, 1.165) is 12.3 Å². The zero-order valence-electron chi connectivity index (χ0n) is 15.1. The van der Waals surface area contributed by atoms with Gasteiger partial charge in [-0.25, -0.2) is 8.42 Å². The standard InChI is InChI=1S/C19H26N2O4S/c1-13-2-4-16(19(22)20-17-11-14-3-5-15(17)10-14)12-18(13)26(23,24)21-6-8-25-9-7-21/h2,4,12,14-15,17H,3,5-11H2,1H3,(H,20,22)/t14-,15+,17-/m0/s1. The molecule has 2 bridgehead atoms. The summed E-state index contributed by atoms with van der Waals surface area (Å²) in [6, 6.07) is 5.21. The average Bonchev–Trinajstić information content (AvgIpc) is 3.25. The summed E-state index contributed by atoms with van der Waals surface area (Å²) in [6.07, 6.45) is 4.75. The second-order valence-corrected chi connectivity index (χ2v) is 9.66. The first kappa shape index (κ1) is 17.9. The van der Waals surface area contributed by atoms with E-state index in [1.807, 2.05) is 0 Å². The van der Waals surface area contributed by atoms with Gasteiger partial charge in [0.1, 0.15) is 0 Å². The Hall–Kier alpha value is -1.44. The molecule has 2 aliphatic carbocycles. The van der Waals surface area contributed by atoms with Crippen LogP contribution in [0.15, 0.2) is 23.1 Å². The van der Waals surface area contributed by atoms with Gasteiger partial charge in [-0.2, -0.15) is 4.31 Å². The molecule has 0 unspecified atom stereocenters. The molecule has 7 heteroatoms. The van der Waals surface area contributed by atoms with Crippen LogP contribution in [-0.4, -0.2) is 51.0 Å². The molecule has 0 radical (unpaired) electrons. The number of aryl methyl sites for hydroxylation is 1. The first-order chi connectivity index (χ1) is 12.4. The summed E-state index contributed by atoms with van der Waals surface area (Å²) in [5, 5.41) is 3.14. The number of amides is 1. The predicted molar refractivity (Wildman–Crippen MR) is 97.5 cm³/mol.